The summed E-state index contributed by atoms with van der Waals surface area (Å²) in [5.41, 5.74) is 2.12. The van der Waals surface area contributed by atoms with Gasteiger partial charge in [0.15, 0.2) is 0 Å². The van der Waals surface area contributed by atoms with Crippen LogP contribution < -0.4 is 10.1 Å². The molecule has 14 heavy (non-hydrogen) atoms. The number of aromatic nitrogens is 1. The summed E-state index contributed by atoms with van der Waals surface area (Å²) in [5, 5.41) is 3.19. The average molecular weight is 192 g/mol. The fraction of sp³-hybridized carbons (Fsp3) is 0.364. The van der Waals surface area contributed by atoms with E-state index in [4.69, 9.17) is 4.74 Å². The van der Waals surface area contributed by atoms with Gasteiger partial charge in [0.25, 0.3) is 0 Å². The summed E-state index contributed by atoms with van der Waals surface area (Å²) in [6.45, 7) is 5.93. The zero-order valence-electron chi connectivity index (χ0n) is 8.87. The molecule has 1 atom stereocenters. The van der Waals surface area contributed by atoms with E-state index in [1.165, 1.54) is 0 Å². The molecule has 1 heterocycles. The smallest absolute Gasteiger partial charge is 0.142 e. The van der Waals surface area contributed by atoms with Gasteiger partial charge < -0.3 is 10.1 Å². The minimum atomic E-state index is 0.118. The topological polar surface area (TPSA) is 34.2 Å². The van der Waals surface area contributed by atoms with Crippen molar-refractivity contribution in [2.75, 3.05) is 14.2 Å². The third-order valence-electron chi connectivity index (χ3n) is 2.13. The van der Waals surface area contributed by atoms with Crippen molar-refractivity contribution >= 4 is 0 Å². The molecule has 0 amide bonds. The average Bonchev–Trinajstić information content (AvgIpc) is 2.19. The Morgan fingerprint density at radius 3 is 2.86 bits per heavy atom. The van der Waals surface area contributed by atoms with Crippen LogP contribution in [0.25, 0.3) is 0 Å². The van der Waals surface area contributed by atoms with Crippen LogP contribution in [0.2, 0.25) is 0 Å². The lowest BCUT2D eigenvalue weighted by atomic mass is 10.0. The molecule has 0 radical (unpaired) electrons. The van der Waals surface area contributed by atoms with Gasteiger partial charge in [0.1, 0.15) is 5.75 Å². The van der Waals surface area contributed by atoms with Crippen molar-refractivity contribution < 1.29 is 4.74 Å². The maximum absolute atomic E-state index is 5.23. The summed E-state index contributed by atoms with van der Waals surface area (Å²) >= 11 is 0. The highest BCUT2D eigenvalue weighted by Gasteiger charge is 2.14. The van der Waals surface area contributed by atoms with Crippen LogP contribution in [-0.2, 0) is 0 Å². The van der Waals surface area contributed by atoms with Crippen LogP contribution in [0.15, 0.2) is 30.6 Å². The third-order valence-corrected chi connectivity index (χ3v) is 2.13. The highest BCUT2D eigenvalue weighted by molar-refractivity contribution is 5.36. The van der Waals surface area contributed by atoms with Gasteiger partial charge in [-0.3, -0.25) is 4.98 Å². The molecule has 3 heteroatoms. The zero-order chi connectivity index (χ0) is 10.6. The number of nitrogens with one attached hydrogen (secondary N) is 1. The third kappa shape index (κ3) is 2.12. The van der Waals surface area contributed by atoms with Gasteiger partial charge in [-0.1, -0.05) is 12.2 Å². The first kappa shape index (κ1) is 10.7. The molecule has 0 aromatic carbocycles. The standard InChI is InChI=1S/C11H16N2O/c1-8(2)11(12-3)9-5-6-13-7-10(9)14-4/h5-7,11-12H,1H2,2-4H3. The molecule has 0 bridgehead atoms. The second-order valence-electron chi connectivity index (χ2n) is 3.19. The van der Waals surface area contributed by atoms with Crippen LogP contribution in [-0.4, -0.2) is 19.1 Å². The van der Waals surface area contributed by atoms with Crippen LogP contribution >= 0.6 is 0 Å². The van der Waals surface area contributed by atoms with E-state index in [1.807, 2.05) is 20.0 Å². The number of hydrogen-bond donors (Lipinski definition) is 1. The molecule has 1 aromatic heterocycles. The number of likely N-dealkylation sites (N-methyl/N-ethyl adjacent to an activating group) is 1. The normalized spacial score (nSPS) is 12.2. The lowest BCUT2D eigenvalue weighted by Gasteiger charge is -2.18. The SMILES string of the molecule is C=C(C)C(NC)c1ccncc1OC. The van der Waals surface area contributed by atoms with E-state index in [1.54, 1.807) is 19.5 Å². The molecular weight excluding hydrogens is 176 g/mol. The van der Waals surface area contributed by atoms with Crippen molar-refractivity contribution in [2.45, 2.75) is 13.0 Å². The molecule has 0 aliphatic carbocycles. The monoisotopic (exact) mass is 192 g/mol. The second-order valence-corrected chi connectivity index (χ2v) is 3.19. The highest BCUT2D eigenvalue weighted by Crippen LogP contribution is 2.27. The number of methoxy groups -OCH3 is 1. The van der Waals surface area contributed by atoms with Gasteiger partial charge in [-0.15, -0.1) is 0 Å². The van der Waals surface area contributed by atoms with Gasteiger partial charge in [-0.2, -0.15) is 0 Å². The van der Waals surface area contributed by atoms with Crippen LogP contribution in [0.1, 0.15) is 18.5 Å². The summed E-state index contributed by atoms with van der Waals surface area (Å²) in [6, 6.07) is 2.06. The Bertz CT molecular complexity index is 323. The van der Waals surface area contributed by atoms with Crippen molar-refractivity contribution in [3.05, 3.63) is 36.2 Å². The maximum Gasteiger partial charge on any atom is 0.142 e. The van der Waals surface area contributed by atoms with E-state index < -0.39 is 0 Å². The van der Waals surface area contributed by atoms with Gasteiger partial charge in [-0.05, 0) is 20.0 Å². The lowest BCUT2D eigenvalue weighted by Crippen LogP contribution is -2.17. The van der Waals surface area contributed by atoms with Crippen molar-refractivity contribution in [3.8, 4) is 5.75 Å². The minimum absolute atomic E-state index is 0.118. The largest absolute Gasteiger partial charge is 0.495 e. The molecule has 0 aliphatic rings. The van der Waals surface area contributed by atoms with Crippen LogP contribution in [0.4, 0.5) is 0 Å². The quantitative estimate of drug-likeness (QED) is 0.740. The molecule has 0 spiro atoms. The molecule has 3 nitrogen and oxygen atoms in total. The van der Waals surface area contributed by atoms with Crippen LogP contribution in [0.5, 0.6) is 5.75 Å². The van der Waals surface area contributed by atoms with Crippen molar-refractivity contribution in [1.29, 1.82) is 0 Å². The lowest BCUT2D eigenvalue weighted by molar-refractivity contribution is 0.403. The predicted octanol–water partition coefficient (Wildman–Crippen LogP) is 1.93. The summed E-state index contributed by atoms with van der Waals surface area (Å²) in [6.07, 6.45) is 3.47. The Labute approximate surface area is 84.8 Å². The Kier molecular flexibility index (Phi) is 3.65. The molecule has 0 aliphatic heterocycles. The first-order chi connectivity index (χ1) is 6.70. The Hall–Kier alpha value is -1.35. The molecule has 1 rings (SSSR count). The first-order valence-electron chi connectivity index (χ1n) is 4.51. The number of rotatable bonds is 4. The molecule has 0 saturated heterocycles. The zero-order valence-corrected chi connectivity index (χ0v) is 8.87. The molecule has 1 unspecified atom stereocenters. The Morgan fingerprint density at radius 1 is 1.64 bits per heavy atom. The fourth-order valence-corrected chi connectivity index (χ4v) is 1.47. The maximum atomic E-state index is 5.23. The van der Waals surface area contributed by atoms with Crippen molar-refractivity contribution in [3.63, 3.8) is 0 Å². The molecule has 0 saturated carbocycles. The van der Waals surface area contributed by atoms with Crippen molar-refractivity contribution in [1.82, 2.24) is 10.3 Å². The Balaban J connectivity index is 3.08. The number of pyridine rings is 1. The van der Waals surface area contributed by atoms with Crippen LogP contribution in [0.3, 0.4) is 0 Å². The molecule has 76 valence electrons. The summed E-state index contributed by atoms with van der Waals surface area (Å²) < 4.78 is 5.23. The first-order valence-corrected chi connectivity index (χ1v) is 4.51. The minimum Gasteiger partial charge on any atom is -0.495 e. The molecule has 1 aromatic rings. The van der Waals surface area contributed by atoms with Gasteiger partial charge in [0, 0.05) is 11.8 Å². The number of nitrogens with zero attached hydrogens (tertiary/aromatic N) is 1. The summed E-state index contributed by atoms with van der Waals surface area (Å²) in [7, 11) is 3.55. The van der Waals surface area contributed by atoms with Crippen molar-refractivity contribution in [2.24, 2.45) is 0 Å². The van der Waals surface area contributed by atoms with Gasteiger partial charge in [0.05, 0.1) is 19.3 Å². The fourth-order valence-electron chi connectivity index (χ4n) is 1.47. The number of ether oxygens (including phenoxy) is 1. The van der Waals surface area contributed by atoms with E-state index in [2.05, 4.69) is 16.9 Å². The second kappa shape index (κ2) is 4.77. The highest BCUT2D eigenvalue weighted by atomic mass is 16.5. The van der Waals surface area contributed by atoms with E-state index in [-0.39, 0.29) is 6.04 Å². The summed E-state index contributed by atoms with van der Waals surface area (Å²) in [5.74, 6) is 0.787. The molecule has 1 N–H and O–H groups in total. The predicted molar refractivity (Wildman–Crippen MR) is 57.4 cm³/mol. The van der Waals surface area contributed by atoms with E-state index >= 15 is 0 Å². The van der Waals surface area contributed by atoms with Gasteiger partial charge >= 0.3 is 0 Å². The van der Waals surface area contributed by atoms with E-state index in [0.717, 1.165) is 16.9 Å². The molecule has 0 fully saturated rings. The molecular formula is C11H16N2O. The van der Waals surface area contributed by atoms with E-state index in [0.29, 0.717) is 0 Å². The Morgan fingerprint density at radius 2 is 2.36 bits per heavy atom. The van der Waals surface area contributed by atoms with Gasteiger partial charge in [0.2, 0.25) is 0 Å². The van der Waals surface area contributed by atoms with Gasteiger partial charge in [-0.25, -0.2) is 0 Å². The van der Waals surface area contributed by atoms with E-state index in [9.17, 15) is 0 Å². The number of hydrogen-bond acceptors (Lipinski definition) is 3. The van der Waals surface area contributed by atoms with Crippen LogP contribution in [0, 0.1) is 0 Å². The summed E-state index contributed by atoms with van der Waals surface area (Å²) in [4.78, 5) is 4.01.